The summed E-state index contributed by atoms with van der Waals surface area (Å²) >= 11 is 0. The third kappa shape index (κ3) is 8.55. The van der Waals surface area contributed by atoms with Crippen LogP contribution in [0.15, 0.2) is 0 Å². The number of nitrogens with zero attached hydrogens (tertiary/aromatic N) is 1. The minimum Gasteiger partial charge on any atom is -0.394 e. The maximum Gasteiger partial charge on any atom is 0.0611 e. The highest BCUT2D eigenvalue weighted by Gasteiger charge is 2.22. The van der Waals surface area contributed by atoms with Gasteiger partial charge in [-0.15, -0.1) is 0 Å². The Morgan fingerprint density at radius 3 is 2.53 bits per heavy atom. The minimum absolute atomic E-state index is 0.157. The number of aliphatic hydroxyl groups is 1. The van der Waals surface area contributed by atoms with E-state index in [1.165, 1.54) is 0 Å². The normalized spacial score (nSPS) is 15.2. The van der Waals surface area contributed by atoms with Gasteiger partial charge in [-0.2, -0.15) is 0 Å². The van der Waals surface area contributed by atoms with Crippen molar-refractivity contribution in [3.8, 4) is 0 Å². The summed E-state index contributed by atoms with van der Waals surface area (Å²) in [5.41, 5.74) is -0.157. The first-order valence-electron chi connectivity index (χ1n) is 6.70. The quantitative estimate of drug-likeness (QED) is 0.536. The number of hydrogen-bond donors (Lipinski definition) is 2. The van der Waals surface area contributed by atoms with Crippen LogP contribution in [0.2, 0.25) is 0 Å². The monoisotopic (exact) mass is 246 g/mol. The van der Waals surface area contributed by atoms with E-state index < -0.39 is 0 Å². The molecule has 4 nitrogen and oxygen atoms in total. The molecule has 0 aromatic heterocycles. The van der Waals surface area contributed by atoms with Crippen molar-refractivity contribution < 1.29 is 9.84 Å². The second-order valence-electron chi connectivity index (χ2n) is 4.90. The SMILES string of the molecule is CCCNC(C)(CO)CCN(C)CCOCC. The van der Waals surface area contributed by atoms with E-state index in [2.05, 4.69) is 31.1 Å². The van der Waals surface area contributed by atoms with Gasteiger partial charge in [0.05, 0.1) is 13.2 Å². The van der Waals surface area contributed by atoms with Crippen LogP contribution in [0.5, 0.6) is 0 Å². The molecular formula is C13H30N2O2. The zero-order chi connectivity index (χ0) is 13.1. The van der Waals surface area contributed by atoms with Crippen LogP contribution in [0, 0.1) is 0 Å². The largest absolute Gasteiger partial charge is 0.394 e. The molecule has 0 heterocycles. The first-order chi connectivity index (χ1) is 8.08. The van der Waals surface area contributed by atoms with Gasteiger partial charge < -0.3 is 20.1 Å². The minimum atomic E-state index is -0.157. The maximum absolute atomic E-state index is 9.43. The predicted molar refractivity (Wildman–Crippen MR) is 72.4 cm³/mol. The number of hydrogen-bond acceptors (Lipinski definition) is 4. The zero-order valence-electron chi connectivity index (χ0n) is 12.0. The van der Waals surface area contributed by atoms with Crippen molar-refractivity contribution in [1.82, 2.24) is 10.2 Å². The summed E-state index contributed by atoms with van der Waals surface area (Å²) in [6.45, 7) is 10.9. The van der Waals surface area contributed by atoms with Crippen LogP contribution in [-0.2, 0) is 4.74 Å². The molecule has 0 rings (SSSR count). The molecule has 1 unspecified atom stereocenters. The second-order valence-corrected chi connectivity index (χ2v) is 4.90. The lowest BCUT2D eigenvalue weighted by Gasteiger charge is -2.31. The van der Waals surface area contributed by atoms with Crippen molar-refractivity contribution in [2.45, 2.75) is 39.2 Å². The van der Waals surface area contributed by atoms with Crippen LogP contribution >= 0.6 is 0 Å². The molecule has 4 heteroatoms. The number of ether oxygens (including phenoxy) is 1. The van der Waals surface area contributed by atoms with Gasteiger partial charge in [0, 0.05) is 18.7 Å². The highest BCUT2D eigenvalue weighted by molar-refractivity contribution is 4.82. The van der Waals surface area contributed by atoms with Gasteiger partial charge in [-0.3, -0.25) is 0 Å². The smallest absolute Gasteiger partial charge is 0.0611 e. The number of likely N-dealkylation sites (N-methyl/N-ethyl adjacent to an activating group) is 1. The first-order valence-corrected chi connectivity index (χ1v) is 6.70. The molecule has 17 heavy (non-hydrogen) atoms. The van der Waals surface area contributed by atoms with E-state index in [1.807, 2.05) is 6.92 Å². The molecule has 1 atom stereocenters. The van der Waals surface area contributed by atoms with E-state index in [9.17, 15) is 5.11 Å². The standard InChI is InChI=1S/C13H30N2O2/c1-5-8-14-13(3,12-16)7-9-15(4)10-11-17-6-2/h14,16H,5-12H2,1-4H3. The molecule has 0 aromatic carbocycles. The maximum atomic E-state index is 9.43. The van der Waals surface area contributed by atoms with Crippen molar-refractivity contribution in [3.05, 3.63) is 0 Å². The van der Waals surface area contributed by atoms with E-state index in [1.54, 1.807) is 0 Å². The van der Waals surface area contributed by atoms with Gasteiger partial charge in [0.15, 0.2) is 0 Å². The average Bonchev–Trinajstić information content (AvgIpc) is 2.34. The summed E-state index contributed by atoms with van der Waals surface area (Å²) in [5.74, 6) is 0. The molecule has 0 fully saturated rings. The lowest BCUT2D eigenvalue weighted by Crippen LogP contribution is -2.48. The lowest BCUT2D eigenvalue weighted by molar-refractivity contribution is 0.111. The van der Waals surface area contributed by atoms with Gasteiger partial charge in [0.2, 0.25) is 0 Å². The summed E-state index contributed by atoms with van der Waals surface area (Å²) in [7, 11) is 2.09. The Kier molecular flexibility index (Phi) is 9.74. The van der Waals surface area contributed by atoms with Crippen molar-refractivity contribution in [1.29, 1.82) is 0 Å². The van der Waals surface area contributed by atoms with Gasteiger partial charge in [0.1, 0.15) is 0 Å². The molecular weight excluding hydrogens is 216 g/mol. The van der Waals surface area contributed by atoms with Crippen LogP contribution < -0.4 is 5.32 Å². The first kappa shape index (κ1) is 16.8. The summed E-state index contributed by atoms with van der Waals surface area (Å²) in [4.78, 5) is 2.25. The van der Waals surface area contributed by atoms with Crippen LogP contribution in [0.3, 0.4) is 0 Å². The molecule has 0 aromatic rings. The highest BCUT2D eigenvalue weighted by Crippen LogP contribution is 2.09. The molecule has 0 saturated carbocycles. The molecule has 0 aliphatic carbocycles. The Morgan fingerprint density at radius 1 is 1.29 bits per heavy atom. The summed E-state index contributed by atoms with van der Waals surface area (Å²) in [6, 6.07) is 0. The van der Waals surface area contributed by atoms with E-state index in [-0.39, 0.29) is 12.1 Å². The van der Waals surface area contributed by atoms with Crippen molar-refractivity contribution in [3.63, 3.8) is 0 Å². The predicted octanol–water partition coefficient (Wildman–Crippen LogP) is 1.10. The van der Waals surface area contributed by atoms with Crippen LogP contribution in [0.1, 0.15) is 33.6 Å². The Balaban J connectivity index is 3.79. The number of rotatable bonds is 11. The molecule has 0 aliphatic rings. The van der Waals surface area contributed by atoms with E-state index >= 15 is 0 Å². The van der Waals surface area contributed by atoms with Crippen molar-refractivity contribution in [2.75, 3.05) is 46.5 Å². The third-order valence-electron chi connectivity index (χ3n) is 3.02. The van der Waals surface area contributed by atoms with E-state index in [0.717, 1.165) is 45.7 Å². The Hall–Kier alpha value is -0.160. The summed E-state index contributed by atoms with van der Waals surface area (Å²) < 4.78 is 5.32. The average molecular weight is 246 g/mol. The van der Waals surface area contributed by atoms with Gasteiger partial charge in [0.25, 0.3) is 0 Å². The van der Waals surface area contributed by atoms with Crippen LogP contribution in [0.4, 0.5) is 0 Å². The van der Waals surface area contributed by atoms with E-state index in [4.69, 9.17) is 4.74 Å². The molecule has 0 aliphatic heterocycles. The topological polar surface area (TPSA) is 44.7 Å². The van der Waals surface area contributed by atoms with Gasteiger partial charge in [-0.1, -0.05) is 6.92 Å². The van der Waals surface area contributed by atoms with Gasteiger partial charge in [-0.25, -0.2) is 0 Å². The van der Waals surface area contributed by atoms with Gasteiger partial charge in [-0.05, 0) is 46.8 Å². The number of nitrogens with one attached hydrogen (secondary N) is 1. The fraction of sp³-hybridized carbons (Fsp3) is 1.00. The molecule has 104 valence electrons. The van der Waals surface area contributed by atoms with Crippen molar-refractivity contribution >= 4 is 0 Å². The molecule has 0 saturated heterocycles. The van der Waals surface area contributed by atoms with Crippen molar-refractivity contribution in [2.24, 2.45) is 0 Å². The Morgan fingerprint density at radius 2 is 2.00 bits per heavy atom. The molecule has 0 spiro atoms. The molecule has 2 N–H and O–H groups in total. The number of aliphatic hydroxyl groups excluding tert-OH is 1. The summed E-state index contributed by atoms with van der Waals surface area (Å²) in [5, 5.41) is 12.8. The fourth-order valence-corrected chi connectivity index (χ4v) is 1.56. The lowest BCUT2D eigenvalue weighted by atomic mass is 9.98. The van der Waals surface area contributed by atoms with Gasteiger partial charge >= 0.3 is 0 Å². The third-order valence-corrected chi connectivity index (χ3v) is 3.02. The summed E-state index contributed by atoms with van der Waals surface area (Å²) in [6.07, 6.45) is 2.04. The zero-order valence-corrected chi connectivity index (χ0v) is 12.0. The Labute approximate surface area is 106 Å². The fourth-order valence-electron chi connectivity index (χ4n) is 1.56. The van der Waals surface area contributed by atoms with E-state index in [0.29, 0.717) is 0 Å². The Bertz CT molecular complexity index is 179. The molecule has 0 radical (unpaired) electrons. The highest BCUT2D eigenvalue weighted by atomic mass is 16.5. The van der Waals surface area contributed by atoms with Crippen LogP contribution in [0.25, 0.3) is 0 Å². The molecule has 0 bridgehead atoms. The van der Waals surface area contributed by atoms with Crippen LogP contribution in [-0.4, -0.2) is 62.0 Å². The molecule has 0 amide bonds. The second kappa shape index (κ2) is 9.83.